The summed E-state index contributed by atoms with van der Waals surface area (Å²) in [5.41, 5.74) is 1.71. The van der Waals surface area contributed by atoms with Crippen LogP contribution in [-0.4, -0.2) is 34.0 Å². The Labute approximate surface area is 149 Å². The quantitative estimate of drug-likeness (QED) is 0.634. The summed E-state index contributed by atoms with van der Waals surface area (Å²) in [6.07, 6.45) is 4.37. The van der Waals surface area contributed by atoms with Crippen LogP contribution in [0.1, 0.15) is 24.8 Å². The van der Waals surface area contributed by atoms with Crippen molar-refractivity contribution >= 4 is 21.6 Å². The van der Waals surface area contributed by atoms with Gasteiger partial charge in [0, 0.05) is 24.6 Å². The van der Waals surface area contributed by atoms with E-state index in [0.717, 1.165) is 34.4 Å². The Morgan fingerprint density at radius 3 is 2.96 bits per heavy atom. The number of halogens is 2. The third-order valence-corrected chi connectivity index (χ3v) is 5.93. The molecule has 1 fully saturated rings. The highest BCUT2D eigenvalue weighted by molar-refractivity contribution is 7.18. The van der Waals surface area contributed by atoms with Gasteiger partial charge in [-0.25, -0.2) is 14.4 Å². The Morgan fingerprint density at radius 1 is 1.28 bits per heavy atom. The molecule has 1 unspecified atom stereocenters. The molecule has 1 saturated heterocycles. The summed E-state index contributed by atoms with van der Waals surface area (Å²) in [6.45, 7) is 4.47. The van der Waals surface area contributed by atoms with Crippen LogP contribution in [-0.2, 0) is 6.42 Å². The van der Waals surface area contributed by atoms with Gasteiger partial charge in [0.25, 0.3) is 0 Å². The maximum atomic E-state index is 13.9. The van der Waals surface area contributed by atoms with Crippen LogP contribution in [0, 0.1) is 11.8 Å². The van der Waals surface area contributed by atoms with Crippen molar-refractivity contribution in [2.75, 3.05) is 13.1 Å². The minimum Gasteiger partial charge on any atom is -0.300 e. The second-order valence-corrected chi connectivity index (χ2v) is 7.67. The van der Waals surface area contributed by atoms with Crippen LogP contribution in [0.4, 0.5) is 8.78 Å². The number of rotatable bonds is 4. The minimum absolute atomic E-state index is 0.183. The molecule has 0 saturated carbocycles. The van der Waals surface area contributed by atoms with Crippen LogP contribution < -0.4 is 0 Å². The average Bonchev–Trinajstić information content (AvgIpc) is 3.20. The standard InChI is InChI=1S/C19H19F2N3S/c1-12-3-2-7-24(12)8-6-18-23-16-5-4-13(9-17(16)25-18)15-10-14(20)11-22-19(15)21/h4-5,9-12H,2-3,6-8H2,1H3. The Kier molecular flexibility index (Phi) is 4.48. The fraction of sp³-hybridized carbons (Fsp3) is 0.368. The summed E-state index contributed by atoms with van der Waals surface area (Å²) in [6, 6.07) is 7.35. The van der Waals surface area contributed by atoms with Gasteiger partial charge in [0.05, 0.1) is 21.4 Å². The SMILES string of the molecule is CC1CCCN1CCc1nc2ccc(-c3cc(F)cnc3F)cc2s1. The fourth-order valence-electron chi connectivity index (χ4n) is 3.44. The summed E-state index contributed by atoms with van der Waals surface area (Å²) in [5, 5.41) is 1.09. The molecule has 1 atom stereocenters. The zero-order valence-corrected chi connectivity index (χ0v) is 14.8. The number of thiazole rings is 1. The molecule has 0 N–H and O–H groups in total. The van der Waals surface area contributed by atoms with Crippen LogP contribution in [0.25, 0.3) is 21.3 Å². The number of aromatic nitrogens is 2. The molecule has 130 valence electrons. The smallest absolute Gasteiger partial charge is 0.220 e. The molecule has 4 rings (SSSR count). The Balaban J connectivity index is 1.58. The van der Waals surface area contributed by atoms with E-state index >= 15 is 0 Å². The van der Waals surface area contributed by atoms with Crippen molar-refractivity contribution < 1.29 is 8.78 Å². The van der Waals surface area contributed by atoms with Gasteiger partial charge >= 0.3 is 0 Å². The van der Waals surface area contributed by atoms with E-state index in [0.29, 0.717) is 11.6 Å². The van der Waals surface area contributed by atoms with E-state index < -0.39 is 11.8 Å². The molecule has 0 amide bonds. The summed E-state index contributed by atoms with van der Waals surface area (Å²) < 4.78 is 28.3. The average molecular weight is 359 g/mol. The van der Waals surface area contributed by atoms with Crippen LogP contribution in [0.5, 0.6) is 0 Å². The molecule has 1 aromatic carbocycles. The van der Waals surface area contributed by atoms with Gasteiger partial charge in [-0.3, -0.25) is 0 Å². The number of hydrogen-bond acceptors (Lipinski definition) is 4. The first-order valence-corrected chi connectivity index (χ1v) is 9.37. The topological polar surface area (TPSA) is 29.0 Å². The van der Waals surface area contributed by atoms with E-state index in [4.69, 9.17) is 0 Å². The fourth-order valence-corrected chi connectivity index (χ4v) is 4.43. The highest BCUT2D eigenvalue weighted by Crippen LogP contribution is 2.30. The predicted octanol–water partition coefficient (Wildman–Crippen LogP) is 4.66. The van der Waals surface area contributed by atoms with E-state index in [2.05, 4.69) is 21.8 Å². The number of benzene rings is 1. The zero-order valence-electron chi connectivity index (χ0n) is 14.0. The van der Waals surface area contributed by atoms with Crippen molar-refractivity contribution in [2.45, 2.75) is 32.2 Å². The lowest BCUT2D eigenvalue weighted by Gasteiger charge is -2.19. The molecule has 0 aliphatic carbocycles. The molecule has 2 aromatic heterocycles. The Hall–Kier alpha value is -1.92. The van der Waals surface area contributed by atoms with Gasteiger partial charge in [-0.15, -0.1) is 11.3 Å². The molecular formula is C19H19F2N3S. The Bertz CT molecular complexity index is 909. The van der Waals surface area contributed by atoms with Gasteiger partial charge in [-0.2, -0.15) is 4.39 Å². The van der Waals surface area contributed by atoms with Crippen molar-refractivity contribution in [3.8, 4) is 11.1 Å². The summed E-state index contributed by atoms with van der Waals surface area (Å²) in [7, 11) is 0. The van der Waals surface area contributed by atoms with E-state index in [1.54, 1.807) is 17.4 Å². The van der Waals surface area contributed by atoms with Gasteiger partial charge < -0.3 is 4.90 Å². The third kappa shape index (κ3) is 3.41. The van der Waals surface area contributed by atoms with Crippen molar-refractivity contribution in [1.82, 2.24) is 14.9 Å². The van der Waals surface area contributed by atoms with Crippen LogP contribution in [0.15, 0.2) is 30.5 Å². The molecule has 0 spiro atoms. The second kappa shape index (κ2) is 6.77. The van der Waals surface area contributed by atoms with E-state index in [1.165, 1.54) is 25.5 Å². The largest absolute Gasteiger partial charge is 0.300 e. The van der Waals surface area contributed by atoms with Gasteiger partial charge in [-0.1, -0.05) is 6.07 Å². The first-order valence-electron chi connectivity index (χ1n) is 8.55. The third-order valence-electron chi connectivity index (χ3n) is 4.85. The number of fused-ring (bicyclic) bond motifs is 1. The van der Waals surface area contributed by atoms with Gasteiger partial charge in [0.15, 0.2) is 0 Å². The minimum atomic E-state index is -0.659. The highest BCUT2D eigenvalue weighted by atomic mass is 32.1. The van der Waals surface area contributed by atoms with E-state index in [-0.39, 0.29) is 5.56 Å². The molecule has 6 heteroatoms. The van der Waals surface area contributed by atoms with E-state index in [9.17, 15) is 8.78 Å². The molecule has 1 aliphatic rings. The van der Waals surface area contributed by atoms with E-state index in [1.807, 2.05) is 12.1 Å². The molecule has 3 aromatic rings. The van der Waals surface area contributed by atoms with Crippen molar-refractivity contribution in [3.05, 3.63) is 47.2 Å². The van der Waals surface area contributed by atoms with Crippen molar-refractivity contribution in [1.29, 1.82) is 0 Å². The van der Waals surface area contributed by atoms with Gasteiger partial charge in [0.1, 0.15) is 5.82 Å². The van der Waals surface area contributed by atoms with Crippen LogP contribution in [0.3, 0.4) is 0 Å². The lowest BCUT2D eigenvalue weighted by molar-refractivity contribution is 0.272. The second-order valence-electron chi connectivity index (χ2n) is 6.56. The maximum absolute atomic E-state index is 13.9. The lowest BCUT2D eigenvalue weighted by atomic mass is 10.1. The molecular weight excluding hydrogens is 340 g/mol. The van der Waals surface area contributed by atoms with Crippen molar-refractivity contribution in [2.24, 2.45) is 0 Å². The summed E-state index contributed by atoms with van der Waals surface area (Å²) in [4.78, 5) is 10.6. The first-order chi connectivity index (χ1) is 12.1. The predicted molar refractivity (Wildman–Crippen MR) is 96.7 cm³/mol. The Morgan fingerprint density at radius 2 is 2.16 bits per heavy atom. The summed E-state index contributed by atoms with van der Waals surface area (Å²) in [5.74, 6) is -1.20. The first kappa shape index (κ1) is 16.5. The number of likely N-dealkylation sites (tertiary alicyclic amines) is 1. The number of nitrogens with zero attached hydrogens (tertiary/aromatic N) is 3. The monoisotopic (exact) mass is 359 g/mol. The van der Waals surface area contributed by atoms with Crippen molar-refractivity contribution in [3.63, 3.8) is 0 Å². The molecule has 0 radical (unpaired) electrons. The van der Waals surface area contributed by atoms with Gasteiger partial charge in [0.2, 0.25) is 5.95 Å². The molecule has 0 bridgehead atoms. The lowest BCUT2D eigenvalue weighted by Crippen LogP contribution is -2.28. The highest BCUT2D eigenvalue weighted by Gasteiger charge is 2.20. The number of pyridine rings is 1. The summed E-state index contributed by atoms with van der Waals surface area (Å²) >= 11 is 1.63. The van der Waals surface area contributed by atoms with Gasteiger partial charge in [-0.05, 0) is 50.1 Å². The maximum Gasteiger partial charge on any atom is 0.220 e. The van der Waals surface area contributed by atoms with Crippen LogP contribution >= 0.6 is 11.3 Å². The van der Waals surface area contributed by atoms with Crippen LogP contribution in [0.2, 0.25) is 0 Å². The molecule has 3 heterocycles. The molecule has 25 heavy (non-hydrogen) atoms. The number of hydrogen-bond donors (Lipinski definition) is 0. The molecule has 1 aliphatic heterocycles. The normalized spacial score (nSPS) is 18.3. The molecule has 3 nitrogen and oxygen atoms in total. The zero-order chi connectivity index (χ0) is 17.4.